The van der Waals surface area contributed by atoms with E-state index in [4.69, 9.17) is 0 Å². The van der Waals surface area contributed by atoms with E-state index in [0.29, 0.717) is 12.5 Å². The van der Waals surface area contributed by atoms with Gasteiger partial charge in [-0.2, -0.15) is 0 Å². The van der Waals surface area contributed by atoms with Crippen molar-refractivity contribution in [3.63, 3.8) is 0 Å². The second-order valence-electron chi connectivity index (χ2n) is 4.11. The number of rotatable bonds is 1. The summed E-state index contributed by atoms with van der Waals surface area (Å²) in [5.41, 5.74) is 1.44. The van der Waals surface area contributed by atoms with Gasteiger partial charge in [-0.05, 0) is 36.8 Å². The Balaban J connectivity index is 2.16. The van der Waals surface area contributed by atoms with E-state index < -0.39 is 0 Å². The molecule has 1 unspecified atom stereocenters. The Bertz CT molecular complexity index is 358. The first-order valence-electron chi connectivity index (χ1n) is 5.57. The molecule has 0 N–H and O–H groups in total. The number of thiophene rings is 1. The Morgan fingerprint density at radius 2 is 2.47 bits per heavy atom. The predicted octanol–water partition coefficient (Wildman–Crippen LogP) is 2.47. The Hall–Kier alpha value is -0.830. The highest BCUT2D eigenvalue weighted by molar-refractivity contribution is 7.10. The van der Waals surface area contributed by atoms with Crippen LogP contribution < -0.4 is 0 Å². The van der Waals surface area contributed by atoms with Crippen LogP contribution in [0.15, 0.2) is 11.4 Å². The zero-order valence-electron chi connectivity index (χ0n) is 9.32. The van der Waals surface area contributed by atoms with Crippen molar-refractivity contribution >= 4 is 17.2 Å². The summed E-state index contributed by atoms with van der Waals surface area (Å²) in [6.07, 6.45) is 2.67. The fourth-order valence-electron chi connectivity index (χ4n) is 2.21. The van der Waals surface area contributed by atoms with Gasteiger partial charge in [-0.1, -0.05) is 6.92 Å². The van der Waals surface area contributed by atoms with E-state index in [1.165, 1.54) is 10.4 Å². The second kappa shape index (κ2) is 4.35. The van der Waals surface area contributed by atoms with Gasteiger partial charge >= 0.3 is 0 Å². The minimum absolute atomic E-state index is 0.289. The van der Waals surface area contributed by atoms with Crippen molar-refractivity contribution < 1.29 is 4.79 Å². The molecule has 1 aromatic heterocycles. The molecule has 1 aliphatic heterocycles. The van der Waals surface area contributed by atoms with Gasteiger partial charge in [0, 0.05) is 23.9 Å². The summed E-state index contributed by atoms with van der Waals surface area (Å²) in [5.74, 6) is 0.289. The molecular formula is C12H17NOS. The quantitative estimate of drug-likeness (QED) is 0.716. The third-order valence-electron chi connectivity index (χ3n) is 3.09. The van der Waals surface area contributed by atoms with Crippen LogP contribution in [0, 0.1) is 0 Å². The largest absolute Gasteiger partial charge is 0.339 e. The smallest absolute Gasteiger partial charge is 0.222 e. The number of fused-ring (bicyclic) bond motifs is 1. The SMILES string of the molecule is CCC(=O)N1CCc2sccc2CC1C. The minimum atomic E-state index is 0.289. The summed E-state index contributed by atoms with van der Waals surface area (Å²) < 4.78 is 0. The molecule has 3 heteroatoms. The third kappa shape index (κ3) is 2.07. The fourth-order valence-corrected chi connectivity index (χ4v) is 3.12. The van der Waals surface area contributed by atoms with Crippen LogP contribution in [-0.2, 0) is 17.6 Å². The molecule has 0 bridgehead atoms. The van der Waals surface area contributed by atoms with Gasteiger partial charge in [0.25, 0.3) is 0 Å². The molecule has 0 saturated heterocycles. The highest BCUT2D eigenvalue weighted by Crippen LogP contribution is 2.24. The number of nitrogens with zero attached hydrogens (tertiary/aromatic N) is 1. The molecule has 2 nitrogen and oxygen atoms in total. The molecule has 15 heavy (non-hydrogen) atoms. The van der Waals surface area contributed by atoms with Gasteiger partial charge in [-0.15, -0.1) is 11.3 Å². The molecule has 0 saturated carbocycles. The van der Waals surface area contributed by atoms with Gasteiger partial charge in [0.05, 0.1) is 0 Å². The first-order chi connectivity index (χ1) is 7.22. The molecule has 0 spiro atoms. The van der Waals surface area contributed by atoms with Gasteiger partial charge in [0.15, 0.2) is 0 Å². The summed E-state index contributed by atoms with van der Waals surface area (Å²) in [6.45, 7) is 4.98. The van der Waals surface area contributed by atoms with E-state index in [2.05, 4.69) is 18.4 Å². The summed E-state index contributed by atoms with van der Waals surface area (Å²) >= 11 is 1.82. The molecule has 2 rings (SSSR count). The summed E-state index contributed by atoms with van der Waals surface area (Å²) in [5, 5.41) is 2.16. The summed E-state index contributed by atoms with van der Waals surface area (Å²) in [4.78, 5) is 15.2. The standard InChI is InChI=1S/C12H17NOS/c1-3-12(14)13-6-4-11-10(5-7-15-11)8-9(13)2/h5,7,9H,3-4,6,8H2,1-2H3. The molecule has 1 amide bonds. The number of amides is 1. The van der Waals surface area contributed by atoms with Crippen molar-refractivity contribution in [1.29, 1.82) is 0 Å². The molecule has 0 aromatic carbocycles. The van der Waals surface area contributed by atoms with E-state index >= 15 is 0 Å². The number of hydrogen-bond donors (Lipinski definition) is 0. The average molecular weight is 223 g/mol. The van der Waals surface area contributed by atoms with Crippen molar-refractivity contribution in [1.82, 2.24) is 4.90 Å². The van der Waals surface area contributed by atoms with Gasteiger partial charge < -0.3 is 4.90 Å². The molecule has 0 aliphatic carbocycles. The number of hydrogen-bond acceptors (Lipinski definition) is 2. The maximum absolute atomic E-state index is 11.7. The lowest BCUT2D eigenvalue weighted by molar-refractivity contribution is -0.132. The number of carbonyl (C=O) groups excluding carboxylic acids is 1. The van der Waals surface area contributed by atoms with Gasteiger partial charge in [-0.25, -0.2) is 0 Å². The monoisotopic (exact) mass is 223 g/mol. The highest BCUT2D eigenvalue weighted by atomic mass is 32.1. The summed E-state index contributed by atoms with van der Waals surface area (Å²) in [6, 6.07) is 2.56. The lowest BCUT2D eigenvalue weighted by atomic mass is 10.1. The topological polar surface area (TPSA) is 20.3 Å². The zero-order valence-corrected chi connectivity index (χ0v) is 10.1. The normalized spacial score (nSPS) is 20.9. The summed E-state index contributed by atoms with van der Waals surface area (Å²) in [7, 11) is 0. The van der Waals surface area contributed by atoms with E-state index in [9.17, 15) is 4.79 Å². The van der Waals surface area contributed by atoms with Crippen LogP contribution in [0.2, 0.25) is 0 Å². The van der Waals surface area contributed by atoms with Crippen LogP contribution in [0.4, 0.5) is 0 Å². The lowest BCUT2D eigenvalue weighted by Gasteiger charge is -2.26. The van der Waals surface area contributed by atoms with Gasteiger partial charge in [0.1, 0.15) is 0 Å². The van der Waals surface area contributed by atoms with Crippen LogP contribution in [-0.4, -0.2) is 23.4 Å². The van der Waals surface area contributed by atoms with E-state index in [0.717, 1.165) is 19.4 Å². The predicted molar refractivity (Wildman–Crippen MR) is 63.2 cm³/mol. The Morgan fingerprint density at radius 1 is 1.67 bits per heavy atom. The van der Waals surface area contributed by atoms with Crippen molar-refractivity contribution in [2.24, 2.45) is 0 Å². The van der Waals surface area contributed by atoms with Crippen molar-refractivity contribution in [2.75, 3.05) is 6.54 Å². The Kier molecular flexibility index (Phi) is 3.10. The maximum Gasteiger partial charge on any atom is 0.222 e. The molecule has 0 radical (unpaired) electrons. The van der Waals surface area contributed by atoms with Crippen LogP contribution in [0.3, 0.4) is 0 Å². The molecule has 82 valence electrons. The molecule has 0 fully saturated rings. The van der Waals surface area contributed by atoms with Gasteiger partial charge in [-0.3, -0.25) is 4.79 Å². The van der Waals surface area contributed by atoms with Crippen LogP contribution in [0.5, 0.6) is 0 Å². The molecule has 1 aromatic rings. The van der Waals surface area contributed by atoms with E-state index in [1.807, 2.05) is 23.2 Å². The maximum atomic E-state index is 11.7. The first kappa shape index (κ1) is 10.7. The molecule has 1 atom stereocenters. The minimum Gasteiger partial charge on any atom is -0.339 e. The highest BCUT2D eigenvalue weighted by Gasteiger charge is 2.23. The third-order valence-corrected chi connectivity index (χ3v) is 4.11. The van der Waals surface area contributed by atoms with Gasteiger partial charge in [0.2, 0.25) is 5.91 Å². The Labute approximate surface area is 94.9 Å². The van der Waals surface area contributed by atoms with Crippen LogP contribution in [0.25, 0.3) is 0 Å². The van der Waals surface area contributed by atoms with Crippen LogP contribution >= 0.6 is 11.3 Å². The second-order valence-corrected chi connectivity index (χ2v) is 5.11. The first-order valence-corrected chi connectivity index (χ1v) is 6.45. The fraction of sp³-hybridized carbons (Fsp3) is 0.583. The van der Waals surface area contributed by atoms with Crippen molar-refractivity contribution in [2.45, 2.75) is 39.2 Å². The van der Waals surface area contributed by atoms with Crippen molar-refractivity contribution in [3.8, 4) is 0 Å². The Morgan fingerprint density at radius 3 is 3.20 bits per heavy atom. The number of carbonyl (C=O) groups is 1. The molecular weight excluding hydrogens is 206 g/mol. The van der Waals surface area contributed by atoms with Crippen LogP contribution in [0.1, 0.15) is 30.7 Å². The molecule has 2 heterocycles. The average Bonchev–Trinajstić information content (AvgIpc) is 2.59. The van der Waals surface area contributed by atoms with E-state index in [-0.39, 0.29) is 5.91 Å². The molecule has 1 aliphatic rings. The lowest BCUT2D eigenvalue weighted by Crippen LogP contribution is -2.39. The zero-order chi connectivity index (χ0) is 10.8. The van der Waals surface area contributed by atoms with Crippen molar-refractivity contribution in [3.05, 3.63) is 21.9 Å². The van der Waals surface area contributed by atoms with E-state index in [1.54, 1.807) is 0 Å².